The third-order valence-electron chi connectivity index (χ3n) is 5.57. The summed E-state index contributed by atoms with van der Waals surface area (Å²) < 4.78 is 5.52. The van der Waals surface area contributed by atoms with Crippen LogP contribution in [-0.2, 0) is 6.54 Å². The lowest BCUT2D eigenvalue weighted by Crippen LogP contribution is -2.33. The largest absolute Gasteiger partial charge is 0.492 e. The number of hydrogen-bond donors (Lipinski definition) is 1. The lowest BCUT2D eigenvalue weighted by Gasteiger charge is -2.24. The van der Waals surface area contributed by atoms with Crippen molar-refractivity contribution in [2.75, 3.05) is 19.7 Å². The van der Waals surface area contributed by atoms with E-state index >= 15 is 0 Å². The first-order chi connectivity index (χ1) is 10.3. The molecule has 4 rings (SSSR count). The van der Waals surface area contributed by atoms with E-state index in [0.29, 0.717) is 6.61 Å². The Morgan fingerprint density at radius 3 is 2.39 bits per heavy atom. The molecule has 3 heterocycles. The highest BCUT2D eigenvalue weighted by atomic mass is 35.5. The second-order valence-corrected chi connectivity index (χ2v) is 6.98. The molecule has 0 radical (unpaired) electrons. The normalized spacial score (nSPS) is 31.4. The minimum absolute atomic E-state index is 0. The minimum atomic E-state index is 0. The summed E-state index contributed by atoms with van der Waals surface area (Å²) in [5.41, 5.74) is 1.31. The summed E-state index contributed by atoms with van der Waals surface area (Å²) in [5.74, 6) is 2.55. The molecule has 0 saturated carbocycles. The number of rotatable bonds is 4. The summed E-state index contributed by atoms with van der Waals surface area (Å²) >= 11 is 6.32. The molecule has 0 amide bonds. The summed E-state index contributed by atoms with van der Waals surface area (Å²) in [5, 5.41) is 4.31. The zero-order chi connectivity index (χ0) is 14.4. The van der Waals surface area contributed by atoms with E-state index in [2.05, 4.69) is 22.3 Å². The van der Waals surface area contributed by atoms with Gasteiger partial charge in [0.05, 0.1) is 11.6 Å². The molecule has 3 fully saturated rings. The third kappa shape index (κ3) is 3.32. The van der Waals surface area contributed by atoms with Crippen molar-refractivity contribution in [3.8, 4) is 5.75 Å². The first kappa shape index (κ1) is 19.1. The summed E-state index contributed by atoms with van der Waals surface area (Å²) in [7, 11) is 0. The summed E-state index contributed by atoms with van der Waals surface area (Å²) in [6, 6.07) is 7.82. The van der Waals surface area contributed by atoms with Gasteiger partial charge in [-0.3, -0.25) is 4.90 Å². The average molecular weight is 380 g/mol. The van der Waals surface area contributed by atoms with Crippen molar-refractivity contribution in [2.24, 2.45) is 11.8 Å². The fraction of sp³-hybridized carbons (Fsp3) is 0.647. The molecule has 0 unspecified atom stereocenters. The highest BCUT2D eigenvalue weighted by Gasteiger charge is 2.54. The van der Waals surface area contributed by atoms with Crippen molar-refractivity contribution in [3.05, 3.63) is 28.8 Å². The van der Waals surface area contributed by atoms with E-state index in [4.69, 9.17) is 16.3 Å². The summed E-state index contributed by atoms with van der Waals surface area (Å²) in [6.07, 6.45) is 2.75. The van der Waals surface area contributed by atoms with E-state index in [1.54, 1.807) is 0 Å². The Kier molecular flexibility index (Phi) is 6.49. The first-order valence-corrected chi connectivity index (χ1v) is 8.53. The van der Waals surface area contributed by atoms with Gasteiger partial charge in [-0.15, -0.1) is 24.8 Å². The lowest BCUT2D eigenvalue weighted by molar-refractivity contribution is 0.218. The number of nitrogens with one attached hydrogen (secondary N) is 1. The molecule has 23 heavy (non-hydrogen) atoms. The Balaban J connectivity index is 0.000000960. The predicted octanol–water partition coefficient (Wildman–Crippen LogP) is 3.76. The maximum atomic E-state index is 6.32. The quantitative estimate of drug-likeness (QED) is 0.862. The summed E-state index contributed by atoms with van der Waals surface area (Å²) in [4.78, 5) is 2.74. The van der Waals surface area contributed by atoms with Crippen molar-refractivity contribution in [1.29, 1.82) is 0 Å². The first-order valence-electron chi connectivity index (χ1n) is 8.15. The highest BCUT2D eigenvalue weighted by Crippen LogP contribution is 2.48. The lowest BCUT2D eigenvalue weighted by atomic mass is 9.82. The fourth-order valence-corrected chi connectivity index (χ4v) is 5.02. The van der Waals surface area contributed by atoms with E-state index in [1.807, 2.05) is 13.0 Å². The molecule has 4 atom stereocenters. The maximum absolute atomic E-state index is 6.32. The Hall–Kier alpha value is -0.190. The van der Waals surface area contributed by atoms with Crippen LogP contribution in [0.1, 0.15) is 25.3 Å². The Morgan fingerprint density at radius 2 is 1.83 bits per heavy atom. The van der Waals surface area contributed by atoms with Gasteiger partial charge in [0, 0.05) is 18.6 Å². The number of ether oxygens (including phenoxy) is 1. The van der Waals surface area contributed by atoms with Crippen LogP contribution in [0.3, 0.4) is 0 Å². The standard InChI is InChI=1S/C17H23ClN2O.2ClH/c1-2-21-17-6-3-11(7-14(17)18)10-20-15-4-5-16(20)13-9-19-8-12(13)15;;/h3,6-7,12-13,15-16,19H,2,4-5,8-10H2,1H3;2*1H/t12-,13+,15-,16+;;. The molecule has 0 aliphatic carbocycles. The van der Waals surface area contributed by atoms with Crippen LogP contribution in [0.15, 0.2) is 18.2 Å². The van der Waals surface area contributed by atoms with Crippen molar-refractivity contribution in [1.82, 2.24) is 10.2 Å². The predicted molar refractivity (Wildman–Crippen MR) is 99.3 cm³/mol. The van der Waals surface area contributed by atoms with Crippen LogP contribution in [0, 0.1) is 11.8 Å². The van der Waals surface area contributed by atoms with Gasteiger partial charge in [-0.25, -0.2) is 0 Å². The van der Waals surface area contributed by atoms with Crippen LogP contribution in [-0.4, -0.2) is 36.7 Å². The summed E-state index contributed by atoms with van der Waals surface area (Å²) in [6.45, 7) is 6.11. The molecule has 0 aromatic heterocycles. The SMILES string of the molecule is CCOc1ccc(CN2[C@@H]3CC[C@H]2[C@H]2CNC[C@H]23)cc1Cl.Cl.Cl. The number of halogens is 3. The Labute approximate surface area is 155 Å². The van der Waals surface area contributed by atoms with E-state index in [1.165, 1.54) is 31.5 Å². The van der Waals surface area contributed by atoms with E-state index < -0.39 is 0 Å². The van der Waals surface area contributed by atoms with Crippen LogP contribution in [0.25, 0.3) is 0 Å². The zero-order valence-electron chi connectivity index (χ0n) is 13.3. The maximum Gasteiger partial charge on any atom is 0.137 e. The number of benzene rings is 1. The fourth-order valence-electron chi connectivity index (χ4n) is 4.76. The number of fused-ring (bicyclic) bond motifs is 5. The molecule has 1 N–H and O–H groups in total. The highest BCUT2D eigenvalue weighted by molar-refractivity contribution is 6.32. The second-order valence-electron chi connectivity index (χ2n) is 6.57. The van der Waals surface area contributed by atoms with Crippen molar-refractivity contribution in [3.63, 3.8) is 0 Å². The molecular formula is C17H25Cl3N2O. The molecule has 130 valence electrons. The number of hydrogen-bond acceptors (Lipinski definition) is 3. The second kappa shape index (κ2) is 7.79. The van der Waals surface area contributed by atoms with Gasteiger partial charge in [0.2, 0.25) is 0 Å². The molecule has 1 aromatic carbocycles. The van der Waals surface area contributed by atoms with E-state index in [0.717, 1.165) is 41.2 Å². The molecule has 1 aromatic rings. The van der Waals surface area contributed by atoms with Gasteiger partial charge in [-0.2, -0.15) is 0 Å². The van der Waals surface area contributed by atoms with Crippen molar-refractivity contribution in [2.45, 2.75) is 38.4 Å². The molecule has 6 heteroatoms. The van der Waals surface area contributed by atoms with Crippen LogP contribution >= 0.6 is 36.4 Å². The van der Waals surface area contributed by atoms with Crippen LogP contribution in [0.5, 0.6) is 5.75 Å². The van der Waals surface area contributed by atoms with Gasteiger partial charge in [-0.1, -0.05) is 17.7 Å². The zero-order valence-corrected chi connectivity index (χ0v) is 15.7. The Bertz CT molecular complexity index is 525. The Morgan fingerprint density at radius 1 is 1.17 bits per heavy atom. The smallest absolute Gasteiger partial charge is 0.137 e. The van der Waals surface area contributed by atoms with Crippen molar-refractivity contribution >= 4 is 36.4 Å². The van der Waals surface area contributed by atoms with E-state index in [-0.39, 0.29) is 24.8 Å². The minimum Gasteiger partial charge on any atom is -0.492 e. The van der Waals surface area contributed by atoms with Crippen LogP contribution in [0.2, 0.25) is 5.02 Å². The van der Waals surface area contributed by atoms with Gasteiger partial charge < -0.3 is 10.1 Å². The molecule has 3 aliphatic rings. The van der Waals surface area contributed by atoms with Gasteiger partial charge in [0.15, 0.2) is 0 Å². The van der Waals surface area contributed by atoms with Gasteiger partial charge in [-0.05, 0) is 62.4 Å². The van der Waals surface area contributed by atoms with Crippen LogP contribution < -0.4 is 10.1 Å². The molecule has 3 nitrogen and oxygen atoms in total. The van der Waals surface area contributed by atoms with Gasteiger partial charge in [0.1, 0.15) is 5.75 Å². The molecule has 3 aliphatic heterocycles. The average Bonchev–Trinajstić information content (AvgIpc) is 3.14. The van der Waals surface area contributed by atoms with Gasteiger partial charge in [0.25, 0.3) is 0 Å². The monoisotopic (exact) mass is 378 g/mol. The topological polar surface area (TPSA) is 24.5 Å². The number of nitrogens with zero attached hydrogens (tertiary/aromatic N) is 1. The third-order valence-corrected chi connectivity index (χ3v) is 5.87. The molecule has 3 saturated heterocycles. The molecule has 2 bridgehead atoms. The molecule has 0 spiro atoms. The molecular weight excluding hydrogens is 355 g/mol. The van der Waals surface area contributed by atoms with E-state index in [9.17, 15) is 0 Å². The van der Waals surface area contributed by atoms with Crippen LogP contribution in [0.4, 0.5) is 0 Å². The van der Waals surface area contributed by atoms with Gasteiger partial charge >= 0.3 is 0 Å². The van der Waals surface area contributed by atoms with Crippen molar-refractivity contribution < 1.29 is 4.74 Å².